The lowest BCUT2D eigenvalue weighted by molar-refractivity contribution is -0.132. The van der Waals surface area contributed by atoms with Crippen LogP contribution in [0.5, 0.6) is 0 Å². The molecule has 29 heavy (non-hydrogen) atoms. The highest BCUT2D eigenvalue weighted by atomic mass is 16.2. The molecule has 0 unspecified atom stereocenters. The van der Waals surface area contributed by atoms with E-state index < -0.39 is 0 Å². The number of rotatable bonds is 5. The van der Waals surface area contributed by atoms with Gasteiger partial charge in [0.15, 0.2) is 5.82 Å². The Hall–Kier alpha value is -2.83. The number of aromatic nitrogens is 3. The van der Waals surface area contributed by atoms with Gasteiger partial charge in [0.1, 0.15) is 0 Å². The van der Waals surface area contributed by atoms with Crippen LogP contribution in [0.4, 0.5) is 0 Å². The first-order valence-electron chi connectivity index (χ1n) is 10.4. The van der Waals surface area contributed by atoms with Crippen molar-refractivity contribution in [2.45, 2.75) is 58.0 Å². The molecule has 4 rings (SSSR count). The molecule has 1 saturated heterocycles. The van der Waals surface area contributed by atoms with Crippen molar-refractivity contribution >= 4 is 11.8 Å². The van der Waals surface area contributed by atoms with Gasteiger partial charge in [-0.25, -0.2) is 9.97 Å². The summed E-state index contributed by atoms with van der Waals surface area (Å²) in [6.07, 6.45) is 8.43. The molecule has 2 aromatic heterocycles. The first-order valence-corrected chi connectivity index (χ1v) is 10.4. The maximum atomic E-state index is 12.6. The fourth-order valence-corrected chi connectivity index (χ4v) is 4.24. The standard InChI is InChI=1S/C22H27N5O2/c1-16(28)27-12-5-8-20(27)22-24-14-17-15-26(13-10-19(17)25-22)21(29)9-4-7-18-6-2-3-11-23-18/h2-3,6,11,14,20H,4-5,7-10,12-13,15H2,1H3/t20-/m0/s1. The summed E-state index contributed by atoms with van der Waals surface area (Å²) in [5.74, 6) is 0.997. The van der Waals surface area contributed by atoms with E-state index in [4.69, 9.17) is 4.98 Å². The maximum absolute atomic E-state index is 12.6. The van der Waals surface area contributed by atoms with Gasteiger partial charge in [-0.15, -0.1) is 0 Å². The van der Waals surface area contributed by atoms with Gasteiger partial charge in [-0.3, -0.25) is 14.6 Å². The van der Waals surface area contributed by atoms with E-state index in [1.54, 1.807) is 13.1 Å². The van der Waals surface area contributed by atoms with Crippen LogP contribution in [0.1, 0.15) is 61.4 Å². The van der Waals surface area contributed by atoms with E-state index in [1.807, 2.05) is 34.2 Å². The molecule has 0 saturated carbocycles. The highest BCUT2D eigenvalue weighted by Gasteiger charge is 2.31. The monoisotopic (exact) mass is 393 g/mol. The summed E-state index contributed by atoms with van der Waals surface area (Å²) in [4.78, 5) is 41.8. The molecule has 2 aliphatic heterocycles. The normalized spacial score (nSPS) is 18.6. The van der Waals surface area contributed by atoms with Gasteiger partial charge in [-0.05, 0) is 37.8 Å². The van der Waals surface area contributed by atoms with E-state index in [-0.39, 0.29) is 17.9 Å². The lowest BCUT2D eigenvalue weighted by Gasteiger charge is -2.29. The van der Waals surface area contributed by atoms with Crippen molar-refractivity contribution in [2.24, 2.45) is 0 Å². The van der Waals surface area contributed by atoms with Crippen molar-refractivity contribution in [3.8, 4) is 0 Å². The quantitative estimate of drug-likeness (QED) is 0.780. The second-order valence-electron chi connectivity index (χ2n) is 7.81. The Bertz CT molecular complexity index is 886. The van der Waals surface area contributed by atoms with E-state index in [0.29, 0.717) is 19.5 Å². The highest BCUT2D eigenvalue weighted by molar-refractivity contribution is 5.76. The Morgan fingerprint density at radius 3 is 2.90 bits per heavy atom. The summed E-state index contributed by atoms with van der Waals surface area (Å²) in [7, 11) is 0. The minimum absolute atomic E-state index is 0.0101. The molecule has 0 bridgehead atoms. The molecule has 1 atom stereocenters. The van der Waals surface area contributed by atoms with Crippen LogP contribution in [-0.4, -0.2) is 49.7 Å². The average Bonchev–Trinajstić information content (AvgIpc) is 3.24. The molecule has 2 aliphatic rings. The molecule has 1 fully saturated rings. The number of carbonyl (C=O) groups excluding carboxylic acids is 2. The van der Waals surface area contributed by atoms with E-state index >= 15 is 0 Å². The molecule has 2 amide bonds. The van der Waals surface area contributed by atoms with Crippen LogP contribution >= 0.6 is 0 Å². The summed E-state index contributed by atoms with van der Waals surface area (Å²) in [6.45, 7) is 3.64. The molecule has 4 heterocycles. The van der Waals surface area contributed by atoms with Crippen LogP contribution in [0.15, 0.2) is 30.6 Å². The molecule has 0 spiro atoms. The zero-order valence-corrected chi connectivity index (χ0v) is 16.9. The van der Waals surface area contributed by atoms with Crippen molar-refractivity contribution < 1.29 is 9.59 Å². The molecule has 7 heteroatoms. The molecule has 2 aromatic rings. The minimum atomic E-state index is -0.0101. The Morgan fingerprint density at radius 2 is 2.10 bits per heavy atom. The third-order valence-electron chi connectivity index (χ3n) is 5.81. The predicted octanol–water partition coefficient (Wildman–Crippen LogP) is 2.46. The van der Waals surface area contributed by atoms with E-state index in [2.05, 4.69) is 9.97 Å². The summed E-state index contributed by atoms with van der Waals surface area (Å²) in [6, 6.07) is 5.86. The van der Waals surface area contributed by atoms with Gasteiger partial charge >= 0.3 is 0 Å². The molecule has 0 aromatic carbocycles. The lowest BCUT2D eigenvalue weighted by atomic mass is 10.1. The Labute approximate surface area is 171 Å². The summed E-state index contributed by atoms with van der Waals surface area (Å²) in [5.41, 5.74) is 3.06. The van der Waals surface area contributed by atoms with Gasteiger partial charge in [-0.1, -0.05) is 6.07 Å². The van der Waals surface area contributed by atoms with Crippen LogP contribution in [0.3, 0.4) is 0 Å². The largest absolute Gasteiger partial charge is 0.338 e. The topological polar surface area (TPSA) is 79.3 Å². The molecule has 7 nitrogen and oxygen atoms in total. The number of carbonyl (C=O) groups is 2. The second-order valence-corrected chi connectivity index (χ2v) is 7.81. The number of pyridine rings is 1. The minimum Gasteiger partial charge on any atom is -0.338 e. The van der Waals surface area contributed by atoms with Crippen LogP contribution in [-0.2, 0) is 29.0 Å². The summed E-state index contributed by atoms with van der Waals surface area (Å²) in [5, 5.41) is 0. The molecular weight excluding hydrogens is 366 g/mol. The molecule has 0 N–H and O–H groups in total. The molecule has 152 valence electrons. The average molecular weight is 393 g/mol. The number of hydrogen-bond donors (Lipinski definition) is 0. The Balaban J connectivity index is 1.35. The fourth-order valence-electron chi connectivity index (χ4n) is 4.24. The summed E-state index contributed by atoms with van der Waals surface area (Å²) < 4.78 is 0. The first kappa shape index (κ1) is 19.5. The van der Waals surface area contributed by atoms with E-state index in [1.165, 1.54) is 0 Å². The predicted molar refractivity (Wildman–Crippen MR) is 108 cm³/mol. The third kappa shape index (κ3) is 4.44. The zero-order valence-electron chi connectivity index (χ0n) is 16.9. The van der Waals surface area contributed by atoms with Crippen molar-refractivity contribution in [1.82, 2.24) is 24.8 Å². The molecule has 0 aliphatic carbocycles. The van der Waals surface area contributed by atoms with E-state index in [9.17, 15) is 9.59 Å². The van der Waals surface area contributed by atoms with Crippen LogP contribution in [0.25, 0.3) is 0 Å². The number of aryl methyl sites for hydroxylation is 1. The van der Waals surface area contributed by atoms with Crippen LogP contribution in [0.2, 0.25) is 0 Å². The van der Waals surface area contributed by atoms with Crippen molar-refractivity contribution in [3.63, 3.8) is 0 Å². The maximum Gasteiger partial charge on any atom is 0.222 e. The molecule has 0 radical (unpaired) electrons. The van der Waals surface area contributed by atoms with Crippen molar-refractivity contribution in [3.05, 3.63) is 53.4 Å². The number of hydrogen-bond acceptors (Lipinski definition) is 5. The smallest absolute Gasteiger partial charge is 0.222 e. The van der Waals surface area contributed by atoms with Gasteiger partial charge in [0, 0.05) is 63.1 Å². The number of amides is 2. The lowest BCUT2D eigenvalue weighted by Crippen LogP contribution is -2.37. The van der Waals surface area contributed by atoms with Gasteiger partial charge in [0.25, 0.3) is 0 Å². The van der Waals surface area contributed by atoms with Crippen LogP contribution in [0, 0.1) is 0 Å². The number of nitrogens with zero attached hydrogens (tertiary/aromatic N) is 5. The molecular formula is C22H27N5O2. The summed E-state index contributed by atoms with van der Waals surface area (Å²) >= 11 is 0. The second kappa shape index (κ2) is 8.68. The van der Waals surface area contributed by atoms with Gasteiger partial charge < -0.3 is 9.80 Å². The van der Waals surface area contributed by atoms with Gasteiger partial charge in [0.05, 0.1) is 11.7 Å². The zero-order chi connectivity index (χ0) is 20.2. The highest BCUT2D eigenvalue weighted by Crippen LogP contribution is 2.30. The Kier molecular flexibility index (Phi) is 5.83. The van der Waals surface area contributed by atoms with Crippen molar-refractivity contribution in [2.75, 3.05) is 13.1 Å². The first-order chi connectivity index (χ1) is 14.1. The third-order valence-corrected chi connectivity index (χ3v) is 5.81. The van der Waals surface area contributed by atoms with Gasteiger partial charge in [0.2, 0.25) is 11.8 Å². The van der Waals surface area contributed by atoms with Crippen LogP contribution < -0.4 is 0 Å². The SMILES string of the molecule is CC(=O)N1CCC[C@H]1c1ncc2c(n1)CCN(C(=O)CCCc1ccccn1)C2. The van der Waals surface area contributed by atoms with E-state index in [0.717, 1.165) is 61.4 Å². The number of likely N-dealkylation sites (tertiary alicyclic amines) is 1. The fraction of sp³-hybridized carbons (Fsp3) is 0.500. The Morgan fingerprint density at radius 1 is 1.21 bits per heavy atom. The van der Waals surface area contributed by atoms with Gasteiger partial charge in [-0.2, -0.15) is 0 Å². The van der Waals surface area contributed by atoms with Crippen molar-refractivity contribution in [1.29, 1.82) is 0 Å². The number of fused-ring (bicyclic) bond motifs is 1.